The van der Waals surface area contributed by atoms with Crippen molar-refractivity contribution in [3.05, 3.63) is 29.8 Å². The second-order valence-corrected chi connectivity index (χ2v) is 5.73. The maximum Gasteiger partial charge on any atom is 0.573 e. The van der Waals surface area contributed by atoms with Gasteiger partial charge in [0.05, 0.1) is 0 Å². The van der Waals surface area contributed by atoms with Gasteiger partial charge in [-0.15, -0.1) is 13.2 Å². The van der Waals surface area contributed by atoms with Crippen LogP contribution in [0.4, 0.5) is 13.2 Å². The Morgan fingerprint density at radius 3 is 2.32 bits per heavy atom. The fourth-order valence-corrected chi connectivity index (χ4v) is 1.93. The molecule has 1 atom stereocenters. The predicted molar refractivity (Wildman–Crippen MR) is 69.0 cm³/mol. The fourth-order valence-electron chi connectivity index (χ4n) is 1.93. The molecule has 1 aromatic rings. The summed E-state index contributed by atoms with van der Waals surface area (Å²) in [4.78, 5) is 0. The molecule has 0 spiro atoms. The summed E-state index contributed by atoms with van der Waals surface area (Å²) in [5.41, 5.74) is 0.869. The smallest absolute Gasteiger partial charge is 0.406 e. The van der Waals surface area contributed by atoms with Gasteiger partial charge in [0.25, 0.3) is 0 Å². The molecule has 1 unspecified atom stereocenters. The molecule has 0 aliphatic rings. The summed E-state index contributed by atoms with van der Waals surface area (Å²) in [6, 6.07) is 6.11. The molecule has 1 N–H and O–H groups in total. The van der Waals surface area contributed by atoms with Gasteiger partial charge >= 0.3 is 6.36 Å². The van der Waals surface area contributed by atoms with Crippen molar-refractivity contribution in [1.29, 1.82) is 0 Å². The first-order valence-corrected chi connectivity index (χ1v) is 6.14. The van der Waals surface area contributed by atoms with Gasteiger partial charge in [-0.1, -0.05) is 32.9 Å². The minimum Gasteiger partial charge on any atom is -0.406 e. The lowest BCUT2D eigenvalue weighted by Gasteiger charge is -2.26. The van der Waals surface area contributed by atoms with Gasteiger partial charge in [-0.05, 0) is 36.6 Å². The zero-order chi connectivity index (χ0) is 14.7. The lowest BCUT2D eigenvalue weighted by Crippen LogP contribution is -2.23. The van der Waals surface area contributed by atoms with Crippen LogP contribution in [0, 0.1) is 5.41 Å². The van der Waals surface area contributed by atoms with Gasteiger partial charge in [-0.25, -0.2) is 0 Å². The van der Waals surface area contributed by atoms with Crippen LogP contribution in [0.1, 0.15) is 38.8 Å². The quantitative estimate of drug-likeness (QED) is 0.885. The number of alkyl halides is 3. The van der Waals surface area contributed by atoms with Crippen molar-refractivity contribution in [3.8, 4) is 5.75 Å². The van der Waals surface area contributed by atoms with E-state index in [4.69, 9.17) is 0 Å². The van der Waals surface area contributed by atoms with Crippen molar-refractivity contribution in [1.82, 2.24) is 5.32 Å². The van der Waals surface area contributed by atoms with E-state index in [9.17, 15) is 13.2 Å². The molecule has 0 aromatic heterocycles. The monoisotopic (exact) mass is 275 g/mol. The van der Waals surface area contributed by atoms with E-state index in [0.29, 0.717) is 0 Å². The number of nitrogens with one attached hydrogen (secondary N) is 1. The predicted octanol–water partition coefficient (Wildman–Crippen LogP) is 4.28. The molecular weight excluding hydrogens is 255 g/mol. The topological polar surface area (TPSA) is 21.3 Å². The number of rotatable bonds is 4. The Morgan fingerprint density at radius 2 is 1.84 bits per heavy atom. The van der Waals surface area contributed by atoms with Crippen molar-refractivity contribution in [2.75, 3.05) is 7.05 Å². The standard InChI is InChI=1S/C14H20F3NO/c1-13(2,3)9-12(18-4)10-6-5-7-11(8-10)19-14(15,16)17/h5-8,12,18H,9H2,1-4H3. The van der Waals surface area contributed by atoms with E-state index >= 15 is 0 Å². The van der Waals surface area contributed by atoms with E-state index in [2.05, 4.69) is 30.8 Å². The molecule has 0 saturated heterocycles. The lowest BCUT2D eigenvalue weighted by atomic mass is 9.85. The van der Waals surface area contributed by atoms with E-state index in [1.807, 2.05) is 0 Å². The Morgan fingerprint density at radius 1 is 1.21 bits per heavy atom. The molecule has 1 rings (SSSR count). The lowest BCUT2D eigenvalue weighted by molar-refractivity contribution is -0.274. The van der Waals surface area contributed by atoms with Crippen molar-refractivity contribution in [2.45, 2.75) is 39.6 Å². The molecule has 0 saturated carbocycles. The molecule has 1 aromatic carbocycles. The Hall–Kier alpha value is -1.23. The number of ether oxygens (including phenoxy) is 1. The second kappa shape index (κ2) is 5.82. The SMILES string of the molecule is CNC(CC(C)(C)C)c1cccc(OC(F)(F)F)c1. The summed E-state index contributed by atoms with van der Waals surface area (Å²) in [7, 11) is 1.80. The van der Waals surface area contributed by atoms with Crippen molar-refractivity contribution >= 4 is 0 Å². The maximum atomic E-state index is 12.2. The largest absolute Gasteiger partial charge is 0.573 e. The van der Waals surface area contributed by atoms with Crippen LogP contribution in [0.3, 0.4) is 0 Å². The molecule has 19 heavy (non-hydrogen) atoms. The molecule has 0 radical (unpaired) electrons. The molecule has 108 valence electrons. The van der Waals surface area contributed by atoms with Crippen molar-refractivity contribution < 1.29 is 17.9 Å². The molecule has 0 amide bonds. The Bertz CT molecular complexity index is 410. The Kier molecular flexibility index (Phi) is 4.85. The van der Waals surface area contributed by atoms with Gasteiger partial charge in [-0.2, -0.15) is 0 Å². The first-order chi connectivity index (χ1) is 8.61. The zero-order valence-electron chi connectivity index (χ0n) is 11.6. The van der Waals surface area contributed by atoms with Gasteiger partial charge in [0, 0.05) is 6.04 Å². The molecule has 0 fully saturated rings. The molecule has 0 aliphatic carbocycles. The molecule has 5 heteroatoms. The van der Waals surface area contributed by atoms with Crippen LogP contribution in [-0.2, 0) is 0 Å². The van der Waals surface area contributed by atoms with E-state index in [0.717, 1.165) is 12.0 Å². The minimum atomic E-state index is -4.65. The van der Waals surface area contributed by atoms with Gasteiger partial charge in [0.1, 0.15) is 5.75 Å². The van der Waals surface area contributed by atoms with E-state index in [1.54, 1.807) is 19.2 Å². The van der Waals surface area contributed by atoms with Gasteiger partial charge < -0.3 is 10.1 Å². The third kappa shape index (κ3) is 5.96. The van der Waals surface area contributed by atoms with E-state index < -0.39 is 6.36 Å². The van der Waals surface area contributed by atoms with Crippen LogP contribution in [0.15, 0.2) is 24.3 Å². The normalized spacial score (nSPS) is 14.3. The van der Waals surface area contributed by atoms with Crippen molar-refractivity contribution in [3.63, 3.8) is 0 Å². The molecule has 0 heterocycles. The number of hydrogen-bond donors (Lipinski definition) is 1. The molecular formula is C14H20F3NO. The average Bonchev–Trinajstić information content (AvgIpc) is 2.22. The summed E-state index contributed by atoms with van der Waals surface area (Å²) < 4.78 is 40.5. The van der Waals surface area contributed by atoms with Gasteiger partial charge in [-0.3, -0.25) is 0 Å². The third-order valence-electron chi connectivity index (χ3n) is 2.66. The maximum absolute atomic E-state index is 12.2. The second-order valence-electron chi connectivity index (χ2n) is 5.73. The highest BCUT2D eigenvalue weighted by Crippen LogP contribution is 2.31. The highest BCUT2D eigenvalue weighted by atomic mass is 19.4. The van der Waals surface area contributed by atoms with Crippen LogP contribution in [0.2, 0.25) is 0 Å². The zero-order valence-corrected chi connectivity index (χ0v) is 11.6. The average molecular weight is 275 g/mol. The van der Waals surface area contributed by atoms with Crippen molar-refractivity contribution in [2.24, 2.45) is 5.41 Å². The number of hydrogen-bond acceptors (Lipinski definition) is 2. The number of benzene rings is 1. The fraction of sp³-hybridized carbons (Fsp3) is 0.571. The third-order valence-corrected chi connectivity index (χ3v) is 2.66. The summed E-state index contributed by atoms with van der Waals surface area (Å²) in [5.74, 6) is -0.181. The van der Waals surface area contributed by atoms with Gasteiger partial charge in [0.2, 0.25) is 0 Å². The Labute approximate surface area is 112 Å². The highest BCUT2D eigenvalue weighted by molar-refractivity contribution is 5.30. The van der Waals surface area contributed by atoms with E-state index in [1.165, 1.54) is 12.1 Å². The van der Waals surface area contributed by atoms with Crippen LogP contribution >= 0.6 is 0 Å². The molecule has 2 nitrogen and oxygen atoms in total. The van der Waals surface area contributed by atoms with Crippen LogP contribution < -0.4 is 10.1 Å². The minimum absolute atomic E-state index is 0.00298. The molecule has 0 bridgehead atoms. The van der Waals surface area contributed by atoms with Crippen LogP contribution in [-0.4, -0.2) is 13.4 Å². The van der Waals surface area contributed by atoms with Gasteiger partial charge in [0.15, 0.2) is 0 Å². The number of halogens is 3. The first-order valence-electron chi connectivity index (χ1n) is 6.14. The highest BCUT2D eigenvalue weighted by Gasteiger charge is 2.31. The summed E-state index contributed by atoms with van der Waals surface area (Å²) in [6.45, 7) is 6.27. The summed E-state index contributed by atoms with van der Waals surface area (Å²) in [6.07, 6.45) is -3.84. The van der Waals surface area contributed by atoms with E-state index in [-0.39, 0.29) is 17.2 Å². The van der Waals surface area contributed by atoms with Crippen LogP contribution in [0.25, 0.3) is 0 Å². The Balaban J connectivity index is 2.90. The molecule has 0 aliphatic heterocycles. The summed E-state index contributed by atoms with van der Waals surface area (Å²) >= 11 is 0. The first kappa shape index (κ1) is 15.8. The van der Waals surface area contributed by atoms with Crippen LogP contribution in [0.5, 0.6) is 5.75 Å². The summed E-state index contributed by atoms with van der Waals surface area (Å²) in [5, 5.41) is 3.13.